The summed E-state index contributed by atoms with van der Waals surface area (Å²) in [6, 6.07) is 7.59. The molecule has 0 atom stereocenters. The van der Waals surface area contributed by atoms with Crippen molar-refractivity contribution in [1.82, 2.24) is 4.57 Å². The first kappa shape index (κ1) is 10.1. The Labute approximate surface area is 91.2 Å². The van der Waals surface area contributed by atoms with Gasteiger partial charge in [0.15, 0.2) is 0 Å². The van der Waals surface area contributed by atoms with Gasteiger partial charge in [0.2, 0.25) is 0 Å². The molecule has 0 aliphatic rings. The number of thiazole rings is 1. The summed E-state index contributed by atoms with van der Waals surface area (Å²) in [6.45, 7) is 0.646. The van der Waals surface area contributed by atoms with E-state index in [0.717, 1.165) is 11.1 Å². The van der Waals surface area contributed by atoms with E-state index in [1.165, 1.54) is 11.3 Å². The quantitative estimate of drug-likeness (QED) is 0.852. The van der Waals surface area contributed by atoms with Crippen molar-refractivity contribution in [3.05, 3.63) is 56.6 Å². The van der Waals surface area contributed by atoms with Crippen LogP contribution in [0.4, 0.5) is 0 Å². The van der Waals surface area contributed by atoms with E-state index in [1.807, 2.05) is 24.3 Å². The summed E-state index contributed by atoms with van der Waals surface area (Å²) in [5.74, 6) is 0. The number of hydrogen-bond donors (Lipinski definition) is 1. The lowest BCUT2D eigenvalue weighted by Crippen LogP contribution is -2.12. The van der Waals surface area contributed by atoms with Gasteiger partial charge in [-0.1, -0.05) is 35.6 Å². The SMILES string of the molecule is O=c1sccn1Cc1ccc(CO)cc1. The zero-order valence-electron chi connectivity index (χ0n) is 8.09. The van der Waals surface area contributed by atoms with Crippen LogP contribution in [0.1, 0.15) is 11.1 Å². The maximum absolute atomic E-state index is 11.3. The third-order valence-electron chi connectivity index (χ3n) is 2.20. The molecule has 0 aliphatic carbocycles. The number of aliphatic hydroxyl groups is 1. The van der Waals surface area contributed by atoms with Crippen LogP contribution in [0.3, 0.4) is 0 Å². The third-order valence-corrected chi connectivity index (χ3v) is 2.90. The molecule has 1 aromatic heterocycles. The molecule has 0 amide bonds. The summed E-state index contributed by atoms with van der Waals surface area (Å²) in [5.41, 5.74) is 1.95. The van der Waals surface area contributed by atoms with Crippen LogP contribution in [0.15, 0.2) is 40.6 Å². The molecule has 2 aromatic rings. The van der Waals surface area contributed by atoms with Crippen molar-refractivity contribution in [3.63, 3.8) is 0 Å². The Balaban J connectivity index is 2.18. The largest absolute Gasteiger partial charge is 0.392 e. The van der Waals surface area contributed by atoms with E-state index in [1.54, 1.807) is 16.1 Å². The normalized spacial score (nSPS) is 10.5. The topological polar surface area (TPSA) is 42.2 Å². The van der Waals surface area contributed by atoms with Gasteiger partial charge >= 0.3 is 4.87 Å². The number of benzene rings is 1. The molecule has 0 spiro atoms. The molecule has 1 aromatic carbocycles. The van der Waals surface area contributed by atoms with E-state index in [2.05, 4.69) is 0 Å². The van der Waals surface area contributed by atoms with Gasteiger partial charge in [-0.25, -0.2) is 0 Å². The Morgan fingerprint density at radius 1 is 1.20 bits per heavy atom. The lowest BCUT2D eigenvalue weighted by Gasteiger charge is -2.02. The van der Waals surface area contributed by atoms with E-state index >= 15 is 0 Å². The van der Waals surface area contributed by atoms with Crippen LogP contribution in [0.5, 0.6) is 0 Å². The fourth-order valence-electron chi connectivity index (χ4n) is 1.35. The molecule has 0 radical (unpaired) electrons. The molecule has 78 valence electrons. The Bertz CT molecular complexity index is 484. The fourth-order valence-corrected chi connectivity index (χ4v) is 1.94. The van der Waals surface area contributed by atoms with E-state index in [0.29, 0.717) is 6.54 Å². The molecule has 0 unspecified atom stereocenters. The van der Waals surface area contributed by atoms with Gasteiger partial charge in [0.1, 0.15) is 0 Å². The molecule has 0 saturated heterocycles. The summed E-state index contributed by atoms with van der Waals surface area (Å²) < 4.78 is 1.67. The predicted octanol–water partition coefficient (Wildman–Crippen LogP) is 1.45. The fraction of sp³-hybridized carbons (Fsp3) is 0.182. The van der Waals surface area contributed by atoms with Gasteiger partial charge < -0.3 is 9.67 Å². The van der Waals surface area contributed by atoms with E-state index < -0.39 is 0 Å². The highest BCUT2D eigenvalue weighted by molar-refractivity contribution is 7.07. The highest BCUT2D eigenvalue weighted by Gasteiger charge is 1.98. The van der Waals surface area contributed by atoms with E-state index in [9.17, 15) is 4.79 Å². The van der Waals surface area contributed by atoms with Crippen molar-refractivity contribution in [2.75, 3.05) is 0 Å². The van der Waals surface area contributed by atoms with Gasteiger partial charge in [-0.15, -0.1) is 0 Å². The predicted molar refractivity (Wildman–Crippen MR) is 60.0 cm³/mol. The minimum Gasteiger partial charge on any atom is -0.392 e. The van der Waals surface area contributed by atoms with Crippen molar-refractivity contribution < 1.29 is 5.11 Å². The molecular weight excluding hydrogens is 210 g/mol. The molecule has 4 heteroatoms. The van der Waals surface area contributed by atoms with Crippen LogP contribution in [0.2, 0.25) is 0 Å². The second kappa shape index (κ2) is 4.42. The van der Waals surface area contributed by atoms with E-state index in [4.69, 9.17) is 5.11 Å². The van der Waals surface area contributed by atoms with Crippen molar-refractivity contribution in [2.24, 2.45) is 0 Å². The molecule has 0 saturated carbocycles. The summed E-state index contributed by atoms with van der Waals surface area (Å²) in [7, 11) is 0. The Kier molecular flexibility index (Phi) is 2.99. The van der Waals surface area contributed by atoms with Crippen molar-refractivity contribution >= 4 is 11.3 Å². The molecule has 3 nitrogen and oxygen atoms in total. The number of aromatic nitrogens is 1. The highest BCUT2D eigenvalue weighted by atomic mass is 32.1. The first-order valence-electron chi connectivity index (χ1n) is 4.62. The van der Waals surface area contributed by atoms with Gasteiger partial charge in [-0.05, 0) is 11.1 Å². The summed E-state index contributed by atoms with van der Waals surface area (Å²) in [4.78, 5) is 11.3. The van der Waals surface area contributed by atoms with Gasteiger partial charge in [0, 0.05) is 11.6 Å². The Morgan fingerprint density at radius 3 is 2.40 bits per heavy atom. The van der Waals surface area contributed by atoms with Gasteiger partial charge in [0.25, 0.3) is 0 Å². The lowest BCUT2D eigenvalue weighted by molar-refractivity contribution is 0.282. The number of aliphatic hydroxyl groups excluding tert-OH is 1. The van der Waals surface area contributed by atoms with Crippen LogP contribution < -0.4 is 4.87 Å². The summed E-state index contributed by atoms with van der Waals surface area (Å²) >= 11 is 1.20. The number of rotatable bonds is 3. The second-order valence-electron chi connectivity index (χ2n) is 3.27. The summed E-state index contributed by atoms with van der Waals surface area (Å²) in [5, 5.41) is 10.7. The molecule has 1 heterocycles. The first-order valence-corrected chi connectivity index (χ1v) is 5.50. The van der Waals surface area contributed by atoms with Crippen molar-refractivity contribution in [1.29, 1.82) is 0 Å². The first-order chi connectivity index (χ1) is 7.29. The second-order valence-corrected chi connectivity index (χ2v) is 4.13. The van der Waals surface area contributed by atoms with Crippen LogP contribution in [-0.2, 0) is 13.2 Å². The Morgan fingerprint density at radius 2 is 1.87 bits per heavy atom. The van der Waals surface area contributed by atoms with Crippen LogP contribution in [-0.4, -0.2) is 9.67 Å². The van der Waals surface area contributed by atoms with Crippen LogP contribution in [0, 0.1) is 0 Å². The zero-order valence-corrected chi connectivity index (χ0v) is 8.91. The number of nitrogens with zero attached hydrogens (tertiary/aromatic N) is 1. The zero-order chi connectivity index (χ0) is 10.7. The standard InChI is InChI=1S/C11H11NO2S/c13-8-10-3-1-9(2-4-10)7-12-5-6-15-11(12)14/h1-6,13H,7-8H2. The summed E-state index contributed by atoms with van der Waals surface area (Å²) in [6.07, 6.45) is 1.78. The monoisotopic (exact) mass is 221 g/mol. The maximum Gasteiger partial charge on any atom is 0.307 e. The lowest BCUT2D eigenvalue weighted by atomic mass is 10.1. The van der Waals surface area contributed by atoms with Gasteiger partial charge in [0.05, 0.1) is 13.2 Å². The Hall–Kier alpha value is -1.39. The van der Waals surface area contributed by atoms with E-state index in [-0.39, 0.29) is 11.5 Å². The molecule has 0 aliphatic heterocycles. The number of hydrogen-bond acceptors (Lipinski definition) is 3. The molecule has 0 bridgehead atoms. The van der Waals surface area contributed by atoms with Crippen LogP contribution in [0.25, 0.3) is 0 Å². The van der Waals surface area contributed by atoms with Gasteiger partial charge in [-0.2, -0.15) is 0 Å². The van der Waals surface area contributed by atoms with Crippen molar-refractivity contribution in [2.45, 2.75) is 13.2 Å². The molecule has 2 rings (SSSR count). The molecule has 15 heavy (non-hydrogen) atoms. The average Bonchev–Trinajstić information content (AvgIpc) is 2.66. The minimum absolute atomic E-state index is 0.0542. The molecule has 1 N–H and O–H groups in total. The van der Waals surface area contributed by atoms with Gasteiger partial charge in [-0.3, -0.25) is 4.79 Å². The highest BCUT2D eigenvalue weighted by Crippen LogP contribution is 2.05. The van der Waals surface area contributed by atoms with Crippen molar-refractivity contribution in [3.8, 4) is 0 Å². The molecule has 0 fully saturated rings. The molecular formula is C11H11NO2S. The minimum atomic E-state index is 0.0542. The average molecular weight is 221 g/mol. The maximum atomic E-state index is 11.3. The smallest absolute Gasteiger partial charge is 0.307 e. The van der Waals surface area contributed by atoms with Crippen LogP contribution >= 0.6 is 11.3 Å². The third kappa shape index (κ3) is 2.34.